The van der Waals surface area contributed by atoms with Gasteiger partial charge in [-0.05, 0) is 31.9 Å². The van der Waals surface area contributed by atoms with Gasteiger partial charge >= 0.3 is 0 Å². The standard InChI is InChI=1S/C17H27N3O/c1-4-5-10-18-17(21)14(3)20-12-13(2)19-11-15-8-6-7-9-16(15)20/h6-9,13-14,19H,4-5,10-12H2,1-3H3,(H,18,21). The highest BCUT2D eigenvalue weighted by Crippen LogP contribution is 2.25. The first kappa shape index (κ1) is 15.8. The Kier molecular flexibility index (Phi) is 5.62. The zero-order valence-corrected chi connectivity index (χ0v) is 13.4. The number of hydrogen-bond acceptors (Lipinski definition) is 3. The van der Waals surface area contributed by atoms with E-state index in [4.69, 9.17) is 0 Å². The molecule has 0 aromatic heterocycles. The van der Waals surface area contributed by atoms with Crippen molar-refractivity contribution in [2.45, 2.75) is 52.2 Å². The number of nitrogens with one attached hydrogen (secondary N) is 2. The molecule has 1 aliphatic rings. The van der Waals surface area contributed by atoms with E-state index in [0.29, 0.717) is 6.04 Å². The van der Waals surface area contributed by atoms with Gasteiger partial charge in [-0.3, -0.25) is 4.79 Å². The monoisotopic (exact) mass is 289 g/mol. The van der Waals surface area contributed by atoms with Crippen LogP contribution in [0.3, 0.4) is 0 Å². The van der Waals surface area contributed by atoms with Crippen molar-refractivity contribution in [3.05, 3.63) is 29.8 Å². The summed E-state index contributed by atoms with van der Waals surface area (Å²) in [6.07, 6.45) is 2.13. The molecule has 2 unspecified atom stereocenters. The maximum Gasteiger partial charge on any atom is 0.242 e. The Bertz CT molecular complexity index is 475. The molecule has 0 saturated carbocycles. The van der Waals surface area contributed by atoms with Crippen LogP contribution in [0.1, 0.15) is 39.2 Å². The van der Waals surface area contributed by atoms with E-state index in [1.54, 1.807) is 0 Å². The molecule has 1 heterocycles. The van der Waals surface area contributed by atoms with Crippen molar-refractivity contribution >= 4 is 11.6 Å². The maximum absolute atomic E-state index is 12.4. The molecule has 4 heteroatoms. The van der Waals surface area contributed by atoms with Gasteiger partial charge in [0.15, 0.2) is 0 Å². The summed E-state index contributed by atoms with van der Waals surface area (Å²) in [5, 5.41) is 6.55. The normalized spacial score (nSPS) is 19.6. The molecular weight excluding hydrogens is 262 g/mol. The van der Waals surface area contributed by atoms with E-state index in [1.807, 2.05) is 13.0 Å². The van der Waals surface area contributed by atoms with E-state index >= 15 is 0 Å². The van der Waals surface area contributed by atoms with Crippen LogP contribution in [-0.2, 0) is 11.3 Å². The van der Waals surface area contributed by atoms with Gasteiger partial charge in [0.25, 0.3) is 0 Å². The van der Waals surface area contributed by atoms with Gasteiger partial charge < -0.3 is 15.5 Å². The minimum Gasteiger partial charge on any atom is -0.358 e. The highest BCUT2D eigenvalue weighted by Gasteiger charge is 2.26. The van der Waals surface area contributed by atoms with Gasteiger partial charge in [0, 0.05) is 31.4 Å². The number of unbranched alkanes of at least 4 members (excludes halogenated alkanes) is 1. The number of hydrogen-bond donors (Lipinski definition) is 2. The number of carbonyl (C=O) groups excluding carboxylic acids is 1. The summed E-state index contributed by atoms with van der Waals surface area (Å²) >= 11 is 0. The first-order chi connectivity index (χ1) is 10.1. The fraction of sp³-hybridized carbons (Fsp3) is 0.588. The zero-order valence-electron chi connectivity index (χ0n) is 13.4. The Morgan fingerprint density at radius 2 is 2.24 bits per heavy atom. The number of para-hydroxylation sites is 1. The number of fused-ring (bicyclic) bond motifs is 1. The smallest absolute Gasteiger partial charge is 0.242 e. The quantitative estimate of drug-likeness (QED) is 0.818. The topological polar surface area (TPSA) is 44.4 Å². The Labute approximate surface area is 127 Å². The zero-order chi connectivity index (χ0) is 15.2. The summed E-state index contributed by atoms with van der Waals surface area (Å²) in [6.45, 7) is 8.77. The lowest BCUT2D eigenvalue weighted by atomic mass is 10.1. The Morgan fingerprint density at radius 1 is 1.48 bits per heavy atom. The van der Waals surface area contributed by atoms with Crippen LogP contribution in [0.25, 0.3) is 0 Å². The number of amides is 1. The highest BCUT2D eigenvalue weighted by molar-refractivity contribution is 5.85. The Morgan fingerprint density at radius 3 is 3.00 bits per heavy atom. The third-order valence-electron chi connectivity index (χ3n) is 4.09. The molecule has 1 aromatic carbocycles. The number of nitrogens with zero attached hydrogens (tertiary/aromatic N) is 1. The molecule has 1 aromatic rings. The SMILES string of the molecule is CCCCNC(=O)C(C)N1CC(C)NCc2ccccc21. The molecular formula is C17H27N3O. The second-order valence-electron chi connectivity index (χ2n) is 5.88. The summed E-state index contributed by atoms with van der Waals surface area (Å²) in [5.41, 5.74) is 2.43. The van der Waals surface area contributed by atoms with E-state index in [0.717, 1.165) is 32.5 Å². The van der Waals surface area contributed by atoms with Crippen molar-refractivity contribution in [3.8, 4) is 0 Å². The van der Waals surface area contributed by atoms with Gasteiger partial charge in [-0.25, -0.2) is 0 Å². The van der Waals surface area contributed by atoms with E-state index in [9.17, 15) is 4.79 Å². The Balaban J connectivity index is 2.14. The van der Waals surface area contributed by atoms with Crippen molar-refractivity contribution in [1.82, 2.24) is 10.6 Å². The summed E-state index contributed by atoms with van der Waals surface area (Å²) in [6, 6.07) is 8.57. The Hall–Kier alpha value is -1.55. The molecule has 1 aliphatic heterocycles. The van der Waals surface area contributed by atoms with Gasteiger partial charge in [0.05, 0.1) is 0 Å². The number of benzene rings is 1. The number of rotatable bonds is 5. The summed E-state index contributed by atoms with van der Waals surface area (Å²) < 4.78 is 0. The fourth-order valence-electron chi connectivity index (χ4n) is 2.73. The predicted molar refractivity (Wildman–Crippen MR) is 87.5 cm³/mol. The molecule has 0 radical (unpaired) electrons. The average Bonchev–Trinajstić information content (AvgIpc) is 2.66. The second kappa shape index (κ2) is 7.46. The minimum atomic E-state index is -0.148. The third-order valence-corrected chi connectivity index (χ3v) is 4.09. The van der Waals surface area contributed by atoms with Gasteiger partial charge in [-0.2, -0.15) is 0 Å². The summed E-state index contributed by atoms with van der Waals surface area (Å²) in [5.74, 6) is 0.118. The number of anilines is 1. The van der Waals surface area contributed by atoms with Crippen LogP contribution >= 0.6 is 0 Å². The van der Waals surface area contributed by atoms with Crippen LogP contribution in [0.2, 0.25) is 0 Å². The van der Waals surface area contributed by atoms with Crippen molar-refractivity contribution in [3.63, 3.8) is 0 Å². The van der Waals surface area contributed by atoms with Crippen LogP contribution in [0, 0.1) is 0 Å². The van der Waals surface area contributed by atoms with Crippen LogP contribution in [0.15, 0.2) is 24.3 Å². The summed E-state index contributed by atoms with van der Waals surface area (Å²) in [4.78, 5) is 14.6. The lowest BCUT2D eigenvalue weighted by Gasteiger charge is -2.31. The van der Waals surface area contributed by atoms with E-state index in [1.165, 1.54) is 11.3 Å². The van der Waals surface area contributed by atoms with E-state index in [-0.39, 0.29) is 11.9 Å². The summed E-state index contributed by atoms with van der Waals surface area (Å²) in [7, 11) is 0. The van der Waals surface area contributed by atoms with Gasteiger partial charge in [-0.1, -0.05) is 31.5 Å². The van der Waals surface area contributed by atoms with Gasteiger partial charge in [0.1, 0.15) is 6.04 Å². The molecule has 2 N–H and O–H groups in total. The lowest BCUT2D eigenvalue weighted by Crippen LogP contribution is -2.48. The number of carbonyl (C=O) groups is 1. The molecule has 2 atom stereocenters. The van der Waals surface area contributed by atoms with E-state index in [2.05, 4.69) is 47.6 Å². The minimum absolute atomic E-state index is 0.118. The van der Waals surface area contributed by atoms with Crippen LogP contribution in [0.4, 0.5) is 5.69 Å². The van der Waals surface area contributed by atoms with Crippen molar-refractivity contribution in [1.29, 1.82) is 0 Å². The average molecular weight is 289 g/mol. The first-order valence-electron chi connectivity index (χ1n) is 7.99. The molecule has 0 aliphatic carbocycles. The third kappa shape index (κ3) is 3.97. The largest absolute Gasteiger partial charge is 0.358 e. The van der Waals surface area contributed by atoms with Crippen molar-refractivity contribution in [2.75, 3.05) is 18.0 Å². The molecule has 2 rings (SSSR count). The second-order valence-corrected chi connectivity index (χ2v) is 5.88. The van der Waals surface area contributed by atoms with Crippen LogP contribution in [0.5, 0.6) is 0 Å². The first-order valence-corrected chi connectivity index (χ1v) is 7.99. The molecule has 0 spiro atoms. The van der Waals surface area contributed by atoms with Gasteiger partial charge in [-0.15, -0.1) is 0 Å². The molecule has 116 valence electrons. The van der Waals surface area contributed by atoms with Crippen LogP contribution < -0.4 is 15.5 Å². The molecule has 0 fully saturated rings. The van der Waals surface area contributed by atoms with Crippen LogP contribution in [-0.4, -0.2) is 31.1 Å². The fourth-order valence-corrected chi connectivity index (χ4v) is 2.73. The predicted octanol–water partition coefficient (Wildman–Crippen LogP) is 2.29. The van der Waals surface area contributed by atoms with Gasteiger partial charge in [0.2, 0.25) is 5.91 Å². The molecule has 0 saturated heterocycles. The molecule has 0 bridgehead atoms. The lowest BCUT2D eigenvalue weighted by molar-refractivity contribution is -0.122. The van der Waals surface area contributed by atoms with E-state index < -0.39 is 0 Å². The van der Waals surface area contributed by atoms with Crippen molar-refractivity contribution in [2.24, 2.45) is 0 Å². The highest BCUT2D eigenvalue weighted by atomic mass is 16.2. The molecule has 21 heavy (non-hydrogen) atoms. The molecule has 1 amide bonds. The maximum atomic E-state index is 12.4. The van der Waals surface area contributed by atoms with Crippen molar-refractivity contribution < 1.29 is 4.79 Å². The molecule has 4 nitrogen and oxygen atoms in total.